The zero-order valence-corrected chi connectivity index (χ0v) is 6.04. The number of ether oxygens (including phenoxy) is 1. The molecule has 0 atom stereocenters. The quantitative estimate of drug-likeness (QED) is 0.687. The molecule has 1 heterocycles. The summed E-state index contributed by atoms with van der Waals surface area (Å²) in [4.78, 5) is 3.62. The van der Waals surface area contributed by atoms with Crippen molar-refractivity contribution < 1.29 is 14.2 Å². The van der Waals surface area contributed by atoms with Crippen molar-refractivity contribution in [1.29, 1.82) is 0 Å². The first-order valence-corrected chi connectivity index (χ1v) is 3.07. The Balaban J connectivity index is 3.06. The Morgan fingerprint density at radius 1 is 1.73 bits per heavy atom. The predicted molar refractivity (Wildman–Crippen MR) is 36.7 cm³/mol. The van der Waals surface area contributed by atoms with Crippen molar-refractivity contribution in [2.75, 3.05) is 7.11 Å². The molecule has 0 saturated heterocycles. The molecule has 0 saturated carbocycles. The molecule has 3 nitrogen and oxygen atoms in total. The maximum Gasteiger partial charge on any atom is 0.145 e. The summed E-state index contributed by atoms with van der Waals surface area (Å²) in [5.41, 5.74) is 0.342. The monoisotopic (exact) mass is 157 g/mol. The van der Waals surface area contributed by atoms with Gasteiger partial charge in [0.2, 0.25) is 0 Å². The van der Waals surface area contributed by atoms with Crippen molar-refractivity contribution in [2.24, 2.45) is 0 Å². The van der Waals surface area contributed by atoms with Gasteiger partial charge >= 0.3 is 0 Å². The van der Waals surface area contributed by atoms with Gasteiger partial charge in [-0.25, -0.2) is 4.39 Å². The first kappa shape index (κ1) is 7.94. The van der Waals surface area contributed by atoms with Crippen LogP contribution in [-0.2, 0) is 6.61 Å². The summed E-state index contributed by atoms with van der Waals surface area (Å²) >= 11 is 0. The van der Waals surface area contributed by atoms with Crippen LogP contribution in [0.5, 0.6) is 5.75 Å². The van der Waals surface area contributed by atoms with Gasteiger partial charge in [-0.1, -0.05) is 0 Å². The van der Waals surface area contributed by atoms with E-state index in [2.05, 4.69) is 4.98 Å². The third kappa shape index (κ3) is 1.65. The van der Waals surface area contributed by atoms with E-state index < -0.39 is 5.82 Å². The molecule has 0 aromatic carbocycles. The highest BCUT2D eigenvalue weighted by Gasteiger charge is 2.03. The summed E-state index contributed by atoms with van der Waals surface area (Å²) in [6, 6.07) is 1.18. The number of nitrogens with zero attached hydrogens (tertiary/aromatic N) is 1. The van der Waals surface area contributed by atoms with Crippen molar-refractivity contribution in [2.45, 2.75) is 6.61 Å². The van der Waals surface area contributed by atoms with E-state index in [4.69, 9.17) is 9.84 Å². The van der Waals surface area contributed by atoms with Crippen LogP contribution in [0.2, 0.25) is 0 Å². The normalized spacial score (nSPS) is 9.73. The Bertz CT molecular complexity index is 252. The van der Waals surface area contributed by atoms with Gasteiger partial charge in [0.25, 0.3) is 0 Å². The maximum absolute atomic E-state index is 12.4. The van der Waals surface area contributed by atoms with E-state index in [9.17, 15) is 4.39 Å². The molecule has 1 aromatic rings. The van der Waals surface area contributed by atoms with Crippen molar-refractivity contribution in [3.8, 4) is 5.75 Å². The van der Waals surface area contributed by atoms with Gasteiger partial charge in [-0.15, -0.1) is 0 Å². The van der Waals surface area contributed by atoms with Crippen LogP contribution >= 0.6 is 0 Å². The Labute approximate surface area is 63.5 Å². The first-order chi connectivity index (χ1) is 5.27. The van der Waals surface area contributed by atoms with Crippen LogP contribution in [0.25, 0.3) is 0 Å². The van der Waals surface area contributed by atoms with E-state index in [1.165, 1.54) is 13.2 Å². The van der Waals surface area contributed by atoms with Crippen molar-refractivity contribution >= 4 is 0 Å². The lowest BCUT2D eigenvalue weighted by Crippen LogP contribution is -1.95. The number of halogens is 1. The van der Waals surface area contributed by atoms with Crippen LogP contribution in [0.1, 0.15) is 5.69 Å². The van der Waals surface area contributed by atoms with Crippen LogP contribution < -0.4 is 4.74 Å². The molecule has 60 valence electrons. The third-order valence-corrected chi connectivity index (χ3v) is 1.27. The van der Waals surface area contributed by atoms with Gasteiger partial charge in [0.1, 0.15) is 17.3 Å². The standard InChI is InChI=1S/C7H8FNO2/c1-11-7-2-5(8)3-9-6(7)4-10/h2-3,10H,4H2,1H3. The largest absolute Gasteiger partial charge is 0.495 e. The minimum Gasteiger partial charge on any atom is -0.495 e. The van der Waals surface area contributed by atoms with Gasteiger partial charge in [-0.2, -0.15) is 0 Å². The molecule has 0 unspecified atom stereocenters. The van der Waals surface area contributed by atoms with Gasteiger partial charge in [0, 0.05) is 6.07 Å². The molecule has 1 N–H and O–H groups in total. The lowest BCUT2D eigenvalue weighted by atomic mass is 10.3. The van der Waals surface area contributed by atoms with Crippen LogP contribution in [0, 0.1) is 5.82 Å². The van der Waals surface area contributed by atoms with E-state index in [-0.39, 0.29) is 12.4 Å². The van der Waals surface area contributed by atoms with Gasteiger partial charge in [0.05, 0.1) is 19.9 Å². The summed E-state index contributed by atoms with van der Waals surface area (Å²) in [6.45, 7) is -0.247. The summed E-state index contributed by atoms with van der Waals surface area (Å²) in [5.74, 6) is -0.202. The summed E-state index contributed by atoms with van der Waals surface area (Å²) < 4.78 is 17.2. The number of hydrogen-bond donors (Lipinski definition) is 1. The van der Waals surface area contributed by atoms with E-state index >= 15 is 0 Å². The molecular weight excluding hydrogens is 149 g/mol. The van der Waals surface area contributed by atoms with Gasteiger partial charge < -0.3 is 9.84 Å². The lowest BCUT2D eigenvalue weighted by molar-refractivity contribution is 0.267. The number of aromatic nitrogens is 1. The third-order valence-electron chi connectivity index (χ3n) is 1.27. The fourth-order valence-electron chi connectivity index (χ4n) is 0.744. The number of aliphatic hydroxyl groups excluding tert-OH is 1. The molecule has 0 amide bonds. The summed E-state index contributed by atoms with van der Waals surface area (Å²) in [6.07, 6.45) is 1.04. The number of hydrogen-bond acceptors (Lipinski definition) is 3. The van der Waals surface area contributed by atoms with Crippen LogP contribution in [0.15, 0.2) is 12.3 Å². The minimum absolute atomic E-state index is 0.247. The second-order valence-corrected chi connectivity index (χ2v) is 1.96. The van der Waals surface area contributed by atoms with Crippen LogP contribution in [0.4, 0.5) is 4.39 Å². The van der Waals surface area contributed by atoms with Crippen molar-refractivity contribution in [3.63, 3.8) is 0 Å². The van der Waals surface area contributed by atoms with E-state index in [1.54, 1.807) is 0 Å². The smallest absolute Gasteiger partial charge is 0.145 e. The molecule has 11 heavy (non-hydrogen) atoms. The average Bonchev–Trinajstić information content (AvgIpc) is 2.04. The molecule has 0 radical (unpaired) electrons. The number of aliphatic hydroxyl groups is 1. The Morgan fingerprint density at radius 3 is 3.00 bits per heavy atom. The van der Waals surface area contributed by atoms with Crippen molar-refractivity contribution in [3.05, 3.63) is 23.8 Å². The molecule has 0 bridgehead atoms. The maximum atomic E-state index is 12.4. The SMILES string of the molecule is COc1cc(F)cnc1CO. The second kappa shape index (κ2) is 3.30. The van der Waals surface area contributed by atoms with Crippen LogP contribution in [0.3, 0.4) is 0 Å². The Kier molecular flexibility index (Phi) is 2.38. The highest BCUT2D eigenvalue weighted by Crippen LogP contribution is 2.15. The van der Waals surface area contributed by atoms with Gasteiger partial charge in [0.15, 0.2) is 0 Å². The predicted octanol–water partition coefficient (Wildman–Crippen LogP) is 0.722. The van der Waals surface area contributed by atoms with Crippen molar-refractivity contribution in [1.82, 2.24) is 4.98 Å². The number of pyridine rings is 1. The Hall–Kier alpha value is -1.16. The topological polar surface area (TPSA) is 42.4 Å². The lowest BCUT2D eigenvalue weighted by Gasteiger charge is -2.03. The average molecular weight is 157 g/mol. The van der Waals surface area contributed by atoms with E-state index in [0.29, 0.717) is 5.69 Å². The molecule has 0 spiro atoms. The number of rotatable bonds is 2. The summed E-state index contributed by atoms with van der Waals surface area (Å²) in [7, 11) is 1.40. The molecule has 1 rings (SSSR count). The van der Waals surface area contributed by atoms with Crippen LogP contribution in [-0.4, -0.2) is 17.2 Å². The first-order valence-electron chi connectivity index (χ1n) is 3.07. The highest BCUT2D eigenvalue weighted by atomic mass is 19.1. The molecular formula is C7H8FNO2. The Morgan fingerprint density at radius 2 is 2.45 bits per heavy atom. The highest BCUT2D eigenvalue weighted by molar-refractivity contribution is 5.26. The van der Waals surface area contributed by atoms with E-state index in [1.807, 2.05) is 0 Å². The molecule has 0 aliphatic carbocycles. The molecule has 4 heteroatoms. The zero-order valence-electron chi connectivity index (χ0n) is 6.04. The fourth-order valence-corrected chi connectivity index (χ4v) is 0.744. The van der Waals surface area contributed by atoms with Gasteiger partial charge in [-0.05, 0) is 0 Å². The molecule has 1 aromatic heterocycles. The fraction of sp³-hybridized carbons (Fsp3) is 0.286. The molecule has 0 aliphatic heterocycles. The van der Waals surface area contributed by atoms with E-state index in [0.717, 1.165) is 6.20 Å². The molecule has 0 aliphatic rings. The minimum atomic E-state index is -0.473. The number of methoxy groups -OCH3 is 1. The second-order valence-electron chi connectivity index (χ2n) is 1.96. The zero-order chi connectivity index (χ0) is 8.27. The molecule has 0 fully saturated rings. The summed E-state index contributed by atoms with van der Waals surface area (Å²) in [5, 5.41) is 8.68. The van der Waals surface area contributed by atoms with Gasteiger partial charge in [-0.3, -0.25) is 4.98 Å².